The summed E-state index contributed by atoms with van der Waals surface area (Å²) in [5, 5.41) is 5.61. The monoisotopic (exact) mass is 278 g/mol. The van der Waals surface area contributed by atoms with Gasteiger partial charge in [0.25, 0.3) is 5.91 Å². The number of carbonyl (C=O) groups is 2. The van der Waals surface area contributed by atoms with Crippen molar-refractivity contribution in [3.05, 3.63) is 35.9 Å². The molecule has 1 rings (SSSR count). The Morgan fingerprint density at radius 2 is 1.75 bits per heavy atom. The molecule has 1 aromatic rings. The van der Waals surface area contributed by atoms with E-state index in [0.29, 0.717) is 12.2 Å². The molecule has 0 bridgehead atoms. The Morgan fingerprint density at radius 1 is 1.10 bits per heavy atom. The normalized spacial score (nSPS) is 13.3. The van der Waals surface area contributed by atoms with Crippen LogP contribution in [0, 0.1) is 0 Å². The van der Waals surface area contributed by atoms with E-state index >= 15 is 0 Å². The van der Waals surface area contributed by atoms with E-state index in [1.54, 1.807) is 38.3 Å². The highest BCUT2D eigenvalue weighted by atomic mass is 16.5. The number of amides is 2. The van der Waals surface area contributed by atoms with Gasteiger partial charge in [-0.25, -0.2) is 0 Å². The Morgan fingerprint density at radius 3 is 2.35 bits per heavy atom. The van der Waals surface area contributed by atoms with Crippen molar-refractivity contribution in [1.29, 1.82) is 0 Å². The molecule has 0 spiro atoms. The molecule has 2 amide bonds. The van der Waals surface area contributed by atoms with E-state index in [1.165, 1.54) is 0 Å². The number of hydrogen-bond donors (Lipinski definition) is 2. The van der Waals surface area contributed by atoms with Crippen LogP contribution in [0.1, 0.15) is 30.6 Å². The van der Waals surface area contributed by atoms with Crippen molar-refractivity contribution in [3.63, 3.8) is 0 Å². The van der Waals surface area contributed by atoms with Gasteiger partial charge in [-0.2, -0.15) is 0 Å². The fourth-order valence-electron chi connectivity index (χ4n) is 1.85. The van der Waals surface area contributed by atoms with Gasteiger partial charge in [-0.05, 0) is 26.0 Å². The molecule has 0 fully saturated rings. The summed E-state index contributed by atoms with van der Waals surface area (Å²) in [5.41, 5.74) is 0.590. The van der Waals surface area contributed by atoms with Crippen molar-refractivity contribution in [3.8, 4) is 0 Å². The number of benzene rings is 1. The van der Waals surface area contributed by atoms with Crippen molar-refractivity contribution >= 4 is 11.8 Å². The van der Waals surface area contributed by atoms with Crippen LogP contribution in [0.5, 0.6) is 0 Å². The van der Waals surface area contributed by atoms with Gasteiger partial charge in [-0.15, -0.1) is 0 Å². The Labute approximate surface area is 119 Å². The van der Waals surface area contributed by atoms with Crippen LogP contribution in [-0.4, -0.2) is 37.6 Å². The largest absolute Gasteiger partial charge is 0.383 e. The van der Waals surface area contributed by atoms with Gasteiger partial charge in [0.2, 0.25) is 5.91 Å². The van der Waals surface area contributed by atoms with E-state index in [9.17, 15) is 9.59 Å². The second kappa shape index (κ2) is 8.32. The number of nitrogens with one attached hydrogen (secondary N) is 2. The van der Waals surface area contributed by atoms with Crippen LogP contribution in [0.25, 0.3) is 0 Å². The van der Waals surface area contributed by atoms with Crippen LogP contribution in [0.15, 0.2) is 30.3 Å². The molecule has 0 aliphatic carbocycles. The van der Waals surface area contributed by atoms with Gasteiger partial charge in [0.05, 0.1) is 6.61 Å². The summed E-state index contributed by atoms with van der Waals surface area (Å²) in [6.07, 6.45) is 0.243. The van der Waals surface area contributed by atoms with Crippen LogP contribution in [-0.2, 0) is 9.53 Å². The van der Waals surface area contributed by atoms with E-state index in [1.807, 2.05) is 13.0 Å². The second-order valence-electron chi connectivity index (χ2n) is 4.87. The van der Waals surface area contributed by atoms with Crippen molar-refractivity contribution in [2.24, 2.45) is 0 Å². The topological polar surface area (TPSA) is 67.4 Å². The minimum Gasteiger partial charge on any atom is -0.383 e. The zero-order valence-electron chi connectivity index (χ0n) is 12.2. The summed E-state index contributed by atoms with van der Waals surface area (Å²) in [7, 11) is 1.59. The fraction of sp³-hybridized carbons (Fsp3) is 0.467. The molecule has 0 aliphatic rings. The second-order valence-corrected chi connectivity index (χ2v) is 4.87. The summed E-state index contributed by atoms with van der Waals surface area (Å²) in [4.78, 5) is 23.6. The highest BCUT2D eigenvalue weighted by Gasteiger charge is 2.14. The first kappa shape index (κ1) is 16.2. The first-order valence-corrected chi connectivity index (χ1v) is 6.67. The Balaban J connectivity index is 2.38. The van der Waals surface area contributed by atoms with Crippen molar-refractivity contribution < 1.29 is 14.3 Å². The van der Waals surface area contributed by atoms with E-state index < -0.39 is 0 Å². The molecule has 110 valence electrons. The molecule has 2 N–H and O–H groups in total. The highest BCUT2D eigenvalue weighted by Crippen LogP contribution is 2.00. The quantitative estimate of drug-likeness (QED) is 0.791. The van der Waals surface area contributed by atoms with E-state index in [0.717, 1.165) is 0 Å². The van der Waals surface area contributed by atoms with Gasteiger partial charge >= 0.3 is 0 Å². The van der Waals surface area contributed by atoms with Crippen molar-refractivity contribution in [1.82, 2.24) is 10.6 Å². The number of ether oxygens (including phenoxy) is 1. The maximum absolute atomic E-state index is 11.9. The van der Waals surface area contributed by atoms with Crippen molar-refractivity contribution in [2.75, 3.05) is 13.7 Å². The van der Waals surface area contributed by atoms with Crippen LogP contribution >= 0.6 is 0 Å². The highest BCUT2D eigenvalue weighted by molar-refractivity contribution is 5.94. The number of methoxy groups -OCH3 is 1. The summed E-state index contributed by atoms with van der Waals surface area (Å²) in [6, 6.07) is 8.68. The Bertz CT molecular complexity index is 434. The molecule has 0 radical (unpaired) electrons. The van der Waals surface area contributed by atoms with Gasteiger partial charge < -0.3 is 15.4 Å². The maximum atomic E-state index is 11.9. The third kappa shape index (κ3) is 5.84. The Hall–Kier alpha value is -1.88. The molecule has 2 atom stereocenters. The van der Waals surface area contributed by atoms with Gasteiger partial charge in [0.1, 0.15) is 0 Å². The average Bonchev–Trinajstić information content (AvgIpc) is 2.39. The van der Waals surface area contributed by atoms with Gasteiger partial charge in [0, 0.05) is 31.2 Å². The van der Waals surface area contributed by atoms with Gasteiger partial charge in [-0.1, -0.05) is 18.2 Å². The molecule has 0 saturated carbocycles. The molecule has 0 aliphatic heterocycles. The number of hydrogen-bond acceptors (Lipinski definition) is 3. The predicted octanol–water partition coefficient (Wildman–Crippen LogP) is 1.35. The standard InChI is InChI=1S/C15H22N2O3/c1-11(9-14(18)16-12(2)10-20-3)17-15(19)13-7-5-4-6-8-13/h4-8,11-12H,9-10H2,1-3H3,(H,16,18)(H,17,19). The lowest BCUT2D eigenvalue weighted by Gasteiger charge is -2.16. The number of rotatable bonds is 7. The van der Waals surface area contributed by atoms with Crippen LogP contribution < -0.4 is 10.6 Å². The molecule has 1 aromatic carbocycles. The molecule has 5 nitrogen and oxygen atoms in total. The molecule has 20 heavy (non-hydrogen) atoms. The lowest BCUT2D eigenvalue weighted by atomic mass is 10.1. The summed E-state index contributed by atoms with van der Waals surface area (Å²) >= 11 is 0. The predicted molar refractivity (Wildman–Crippen MR) is 77.5 cm³/mol. The molecule has 0 saturated heterocycles. The molecule has 5 heteroatoms. The zero-order valence-corrected chi connectivity index (χ0v) is 12.2. The third-order valence-corrected chi connectivity index (χ3v) is 2.73. The van der Waals surface area contributed by atoms with E-state index in [4.69, 9.17) is 4.74 Å². The summed E-state index contributed by atoms with van der Waals surface area (Å²) in [6.45, 7) is 4.15. The molecular weight excluding hydrogens is 256 g/mol. The van der Waals surface area contributed by atoms with Crippen molar-refractivity contribution in [2.45, 2.75) is 32.4 Å². The Kier molecular flexibility index (Phi) is 6.73. The lowest BCUT2D eigenvalue weighted by Crippen LogP contribution is -2.41. The van der Waals surface area contributed by atoms with Crippen LogP contribution in [0.3, 0.4) is 0 Å². The van der Waals surface area contributed by atoms with E-state index in [-0.39, 0.29) is 30.3 Å². The van der Waals surface area contributed by atoms with Gasteiger partial charge in [-0.3, -0.25) is 9.59 Å². The minimum atomic E-state index is -0.225. The molecular formula is C15H22N2O3. The first-order valence-electron chi connectivity index (χ1n) is 6.67. The number of carbonyl (C=O) groups excluding carboxylic acids is 2. The smallest absolute Gasteiger partial charge is 0.251 e. The minimum absolute atomic E-state index is 0.0375. The molecule has 2 unspecified atom stereocenters. The zero-order chi connectivity index (χ0) is 15.0. The molecule has 0 heterocycles. The third-order valence-electron chi connectivity index (χ3n) is 2.73. The molecule has 0 aromatic heterocycles. The van der Waals surface area contributed by atoms with Crippen LogP contribution in [0.4, 0.5) is 0 Å². The maximum Gasteiger partial charge on any atom is 0.251 e. The van der Waals surface area contributed by atoms with Crippen LogP contribution in [0.2, 0.25) is 0 Å². The average molecular weight is 278 g/mol. The fourth-order valence-corrected chi connectivity index (χ4v) is 1.85. The first-order chi connectivity index (χ1) is 9.52. The SMILES string of the molecule is COCC(C)NC(=O)CC(C)NC(=O)c1ccccc1. The van der Waals surface area contributed by atoms with E-state index in [2.05, 4.69) is 10.6 Å². The summed E-state index contributed by atoms with van der Waals surface area (Å²) in [5.74, 6) is -0.272. The van der Waals surface area contributed by atoms with Gasteiger partial charge in [0.15, 0.2) is 0 Å². The lowest BCUT2D eigenvalue weighted by molar-refractivity contribution is -0.122. The summed E-state index contributed by atoms with van der Waals surface area (Å²) < 4.78 is 4.95.